The molecule has 1 aliphatic heterocycles. The molecular weight excluding hydrogens is 676 g/mol. The summed E-state index contributed by atoms with van der Waals surface area (Å²) in [4.78, 5) is 51.5. The molecule has 1 amide bonds. The van der Waals surface area contributed by atoms with Gasteiger partial charge >= 0.3 is 6.09 Å². The summed E-state index contributed by atoms with van der Waals surface area (Å²) in [5.41, 5.74) is 1.28. The normalized spacial score (nSPS) is 18.2. The quantitative estimate of drug-likeness (QED) is 0.127. The summed E-state index contributed by atoms with van der Waals surface area (Å²) in [5, 5.41) is 9.79. The van der Waals surface area contributed by atoms with Crippen LogP contribution >= 0.6 is 0 Å². The molecule has 2 aromatic heterocycles. The lowest BCUT2D eigenvalue weighted by Crippen LogP contribution is -2.48. The molecule has 53 heavy (non-hydrogen) atoms. The van der Waals surface area contributed by atoms with Gasteiger partial charge in [0.1, 0.15) is 22.9 Å². The van der Waals surface area contributed by atoms with Crippen molar-refractivity contribution in [3.63, 3.8) is 0 Å². The third kappa shape index (κ3) is 8.13. The number of ketones is 2. The first-order valence-corrected chi connectivity index (χ1v) is 17.9. The van der Waals surface area contributed by atoms with Gasteiger partial charge in [0.2, 0.25) is 5.88 Å². The molecule has 4 aromatic rings. The Balaban J connectivity index is 1.42. The second-order valence-corrected chi connectivity index (χ2v) is 14.9. The standard InChI is InChI=1S/C40H48N6O7/c1-26-23-40(17-20-44(21-18-40)38(49)53-39(2,3)4)33(35(26)47)36(48)34-37(43-46(42-34)29-16-19-41-32(22-29)52-7)45(24-27-8-12-30(50-5)13-9-27)25-28-10-14-31(51-6)15-11-28/h8-16,19,22,26,33H,17-18,20-21,23-25H2,1-7H3. The van der Waals surface area contributed by atoms with Gasteiger partial charge in [-0.3, -0.25) is 9.59 Å². The molecule has 13 heteroatoms. The second kappa shape index (κ2) is 15.3. The van der Waals surface area contributed by atoms with Crippen molar-refractivity contribution >= 4 is 23.5 Å². The van der Waals surface area contributed by atoms with Crippen molar-refractivity contribution in [2.75, 3.05) is 39.3 Å². The Hall–Kier alpha value is -5.46. The molecule has 0 N–H and O–H groups in total. The molecule has 2 fully saturated rings. The van der Waals surface area contributed by atoms with Gasteiger partial charge in [-0.1, -0.05) is 31.2 Å². The molecule has 2 aliphatic rings. The van der Waals surface area contributed by atoms with E-state index in [1.54, 1.807) is 37.4 Å². The summed E-state index contributed by atoms with van der Waals surface area (Å²) < 4.78 is 21.8. The van der Waals surface area contributed by atoms with Crippen LogP contribution in [0.15, 0.2) is 66.9 Å². The number of rotatable bonds is 11. The number of carbonyl (C=O) groups excluding carboxylic acids is 3. The Labute approximate surface area is 310 Å². The van der Waals surface area contributed by atoms with Crippen LogP contribution in [0.2, 0.25) is 0 Å². The molecule has 0 radical (unpaired) electrons. The summed E-state index contributed by atoms with van der Waals surface area (Å²) in [5.74, 6) is 0.392. The fourth-order valence-electron chi connectivity index (χ4n) is 7.44. The van der Waals surface area contributed by atoms with Crippen molar-refractivity contribution < 1.29 is 33.3 Å². The van der Waals surface area contributed by atoms with E-state index in [1.807, 2.05) is 81.1 Å². The SMILES string of the molecule is COc1ccc(CN(Cc2ccc(OC)cc2)c2nn(-c3ccnc(OC)c3)nc2C(=O)C2C(=O)C(C)CC23CCN(C(=O)OC(C)(C)C)CC3)cc1. The molecular formula is C40H48N6O7. The number of nitrogens with zero attached hydrogens (tertiary/aromatic N) is 6. The second-order valence-electron chi connectivity index (χ2n) is 14.9. The zero-order valence-corrected chi connectivity index (χ0v) is 31.5. The van der Waals surface area contributed by atoms with E-state index in [9.17, 15) is 9.59 Å². The maximum Gasteiger partial charge on any atom is 0.410 e. The van der Waals surface area contributed by atoms with Crippen molar-refractivity contribution in [3.05, 3.63) is 83.7 Å². The van der Waals surface area contributed by atoms with Crippen molar-refractivity contribution in [1.29, 1.82) is 0 Å². The zero-order chi connectivity index (χ0) is 37.9. The number of carbonyl (C=O) groups is 3. The van der Waals surface area contributed by atoms with E-state index in [0.717, 1.165) is 22.6 Å². The number of methoxy groups -OCH3 is 3. The predicted octanol–water partition coefficient (Wildman–Crippen LogP) is 6.32. The van der Waals surface area contributed by atoms with Crippen molar-refractivity contribution in [2.45, 2.75) is 65.6 Å². The summed E-state index contributed by atoms with van der Waals surface area (Å²) >= 11 is 0. The van der Waals surface area contributed by atoms with Crippen LogP contribution in [0.1, 0.15) is 68.6 Å². The highest BCUT2D eigenvalue weighted by Crippen LogP contribution is 2.52. The van der Waals surface area contributed by atoms with Crippen LogP contribution in [-0.4, -0.2) is 82.6 Å². The minimum Gasteiger partial charge on any atom is -0.497 e. The van der Waals surface area contributed by atoms with E-state index in [0.29, 0.717) is 62.8 Å². The Bertz CT molecular complexity index is 1880. The van der Waals surface area contributed by atoms with Crippen LogP contribution in [0.5, 0.6) is 17.4 Å². The first-order chi connectivity index (χ1) is 25.3. The fraction of sp³-hybridized carbons (Fsp3) is 0.450. The van der Waals surface area contributed by atoms with Crippen molar-refractivity contribution in [1.82, 2.24) is 24.9 Å². The first kappa shape index (κ1) is 37.3. The molecule has 6 rings (SSSR count). The maximum atomic E-state index is 15.1. The molecule has 2 atom stereocenters. The molecule has 1 spiro atoms. The highest BCUT2D eigenvalue weighted by Gasteiger charge is 2.57. The molecule has 13 nitrogen and oxygen atoms in total. The maximum absolute atomic E-state index is 15.1. The van der Waals surface area contributed by atoms with Gasteiger partial charge in [0.25, 0.3) is 0 Å². The highest BCUT2D eigenvalue weighted by molar-refractivity contribution is 6.14. The van der Waals surface area contributed by atoms with Crippen molar-refractivity contribution in [2.24, 2.45) is 17.3 Å². The van der Waals surface area contributed by atoms with Crippen LogP contribution in [0.25, 0.3) is 5.69 Å². The summed E-state index contributed by atoms with van der Waals surface area (Å²) in [7, 11) is 4.76. The van der Waals surface area contributed by atoms with Crippen LogP contribution in [0.4, 0.5) is 10.6 Å². The van der Waals surface area contributed by atoms with Crippen LogP contribution in [0, 0.1) is 17.3 Å². The van der Waals surface area contributed by atoms with E-state index >= 15 is 4.79 Å². The van der Waals surface area contributed by atoms with E-state index < -0.39 is 23.0 Å². The first-order valence-electron chi connectivity index (χ1n) is 17.9. The number of piperidine rings is 1. The molecule has 3 heterocycles. The Morgan fingerprint density at radius 3 is 1.98 bits per heavy atom. The number of Topliss-reactive ketones (excluding diaryl/α,β-unsaturated/α-hetero) is 2. The van der Waals surface area contributed by atoms with Gasteiger partial charge in [-0.2, -0.15) is 0 Å². The number of ether oxygens (including phenoxy) is 4. The van der Waals surface area contributed by atoms with Gasteiger partial charge in [0, 0.05) is 44.4 Å². The lowest BCUT2D eigenvalue weighted by Gasteiger charge is -2.42. The number of hydrogen-bond donors (Lipinski definition) is 0. The van der Waals surface area contributed by atoms with Gasteiger partial charge < -0.3 is 28.7 Å². The number of likely N-dealkylation sites (tertiary alicyclic amines) is 1. The lowest BCUT2D eigenvalue weighted by molar-refractivity contribution is -0.123. The third-order valence-corrected chi connectivity index (χ3v) is 10.1. The van der Waals surface area contributed by atoms with E-state index in [1.165, 1.54) is 11.9 Å². The van der Waals surface area contributed by atoms with Crippen LogP contribution < -0.4 is 19.1 Å². The number of amides is 1. The van der Waals surface area contributed by atoms with E-state index in [4.69, 9.17) is 29.1 Å². The summed E-state index contributed by atoms with van der Waals surface area (Å²) in [6.45, 7) is 8.91. The highest BCUT2D eigenvalue weighted by atomic mass is 16.6. The zero-order valence-electron chi connectivity index (χ0n) is 31.5. The van der Waals surface area contributed by atoms with E-state index in [2.05, 4.69) is 4.98 Å². The van der Waals surface area contributed by atoms with Crippen LogP contribution in [-0.2, 0) is 22.6 Å². The average molecular weight is 725 g/mol. The fourth-order valence-corrected chi connectivity index (χ4v) is 7.44. The van der Waals surface area contributed by atoms with Crippen molar-refractivity contribution in [3.8, 4) is 23.1 Å². The van der Waals surface area contributed by atoms with Gasteiger partial charge in [-0.25, -0.2) is 9.78 Å². The minimum absolute atomic E-state index is 0.101. The Kier molecular flexibility index (Phi) is 10.7. The Morgan fingerprint density at radius 1 is 0.868 bits per heavy atom. The number of anilines is 1. The molecule has 1 aliphatic carbocycles. The average Bonchev–Trinajstić information content (AvgIpc) is 3.70. The minimum atomic E-state index is -0.946. The lowest BCUT2D eigenvalue weighted by atomic mass is 9.68. The van der Waals surface area contributed by atoms with Gasteiger partial charge in [-0.15, -0.1) is 15.0 Å². The largest absolute Gasteiger partial charge is 0.497 e. The molecule has 2 aromatic carbocycles. The number of pyridine rings is 1. The smallest absolute Gasteiger partial charge is 0.410 e. The molecule has 1 saturated heterocycles. The topological polar surface area (TPSA) is 138 Å². The number of benzene rings is 2. The number of aromatic nitrogens is 4. The van der Waals surface area contributed by atoms with Gasteiger partial charge in [-0.05, 0) is 86.9 Å². The molecule has 280 valence electrons. The summed E-state index contributed by atoms with van der Waals surface area (Å²) in [6, 6.07) is 18.8. The van der Waals surface area contributed by atoms with E-state index in [-0.39, 0.29) is 23.2 Å². The Morgan fingerprint density at radius 2 is 1.45 bits per heavy atom. The van der Waals surface area contributed by atoms with Gasteiger partial charge in [0.05, 0.1) is 32.9 Å². The van der Waals surface area contributed by atoms with Crippen LogP contribution in [0.3, 0.4) is 0 Å². The monoisotopic (exact) mass is 724 g/mol. The van der Waals surface area contributed by atoms with Gasteiger partial charge in [0.15, 0.2) is 17.3 Å². The molecule has 2 unspecified atom stereocenters. The predicted molar refractivity (Wildman–Crippen MR) is 198 cm³/mol. The number of hydrogen-bond acceptors (Lipinski definition) is 11. The molecule has 0 bridgehead atoms. The summed E-state index contributed by atoms with van der Waals surface area (Å²) in [6.07, 6.45) is 2.73. The third-order valence-electron chi connectivity index (χ3n) is 10.1. The molecule has 1 saturated carbocycles.